The first-order chi connectivity index (χ1) is 8.63. The van der Waals surface area contributed by atoms with Crippen LogP contribution in [0.2, 0.25) is 0 Å². The highest BCUT2D eigenvalue weighted by Gasteiger charge is 2.15. The Balaban J connectivity index is 2.33. The predicted octanol–water partition coefficient (Wildman–Crippen LogP) is 3.71. The molecule has 0 fully saturated rings. The quantitative estimate of drug-likeness (QED) is 0.908. The molecule has 0 spiro atoms. The molecule has 0 saturated carbocycles. The molecule has 1 atom stereocenters. The smallest absolute Gasteiger partial charge is 0.0603 e. The van der Waals surface area contributed by atoms with Gasteiger partial charge in [0.25, 0.3) is 0 Å². The van der Waals surface area contributed by atoms with E-state index in [9.17, 15) is 0 Å². The first-order valence-corrected chi connectivity index (χ1v) is 7.07. The van der Waals surface area contributed by atoms with E-state index in [0.717, 1.165) is 0 Å². The van der Waals surface area contributed by atoms with Crippen molar-refractivity contribution in [1.29, 1.82) is 0 Å². The van der Waals surface area contributed by atoms with Crippen LogP contribution in [-0.4, -0.2) is 7.05 Å². The fraction of sp³-hybridized carbons (Fsp3) is 0.333. The summed E-state index contributed by atoms with van der Waals surface area (Å²) in [5.41, 5.74) is 9.54. The molecule has 18 heavy (non-hydrogen) atoms. The van der Waals surface area contributed by atoms with E-state index < -0.39 is 0 Å². The summed E-state index contributed by atoms with van der Waals surface area (Å²) in [6, 6.07) is 11.1. The van der Waals surface area contributed by atoms with Gasteiger partial charge in [0, 0.05) is 24.2 Å². The Bertz CT molecular complexity index is 505. The molecule has 1 aromatic carbocycles. The Morgan fingerprint density at radius 1 is 1.33 bits per heavy atom. The third-order valence-electron chi connectivity index (χ3n) is 3.38. The van der Waals surface area contributed by atoms with Crippen LogP contribution in [0.5, 0.6) is 0 Å². The molecule has 0 aliphatic rings. The van der Waals surface area contributed by atoms with E-state index in [1.807, 2.05) is 0 Å². The predicted molar refractivity (Wildman–Crippen MR) is 80.2 cm³/mol. The summed E-state index contributed by atoms with van der Waals surface area (Å²) >= 11 is 1.80. The molecule has 1 aromatic heterocycles. The van der Waals surface area contributed by atoms with Crippen molar-refractivity contribution in [2.75, 3.05) is 11.9 Å². The second-order valence-corrected chi connectivity index (χ2v) is 5.62. The van der Waals surface area contributed by atoms with Gasteiger partial charge in [-0.2, -0.15) is 0 Å². The molecule has 2 rings (SSSR count). The maximum absolute atomic E-state index is 5.83. The van der Waals surface area contributed by atoms with E-state index in [2.05, 4.69) is 61.5 Å². The molecule has 0 bridgehead atoms. The molecule has 96 valence electrons. The molecule has 0 radical (unpaired) electrons. The molecule has 2 nitrogen and oxygen atoms in total. The Morgan fingerprint density at radius 3 is 2.72 bits per heavy atom. The number of hydrogen-bond acceptors (Lipinski definition) is 3. The zero-order valence-electron chi connectivity index (χ0n) is 11.2. The number of rotatable bonds is 4. The van der Waals surface area contributed by atoms with Crippen molar-refractivity contribution in [2.24, 2.45) is 5.73 Å². The molecule has 0 aliphatic heterocycles. The molecule has 0 aliphatic carbocycles. The third-order valence-corrected chi connectivity index (χ3v) is 4.42. The normalized spacial score (nSPS) is 12.4. The van der Waals surface area contributed by atoms with Crippen LogP contribution < -0.4 is 10.6 Å². The van der Waals surface area contributed by atoms with Crippen molar-refractivity contribution in [2.45, 2.75) is 26.4 Å². The lowest BCUT2D eigenvalue weighted by molar-refractivity contribution is 0.748. The molecule has 1 heterocycles. The van der Waals surface area contributed by atoms with Gasteiger partial charge >= 0.3 is 0 Å². The van der Waals surface area contributed by atoms with E-state index in [-0.39, 0.29) is 0 Å². The summed E-state index contributed by atoms with van der Waals surface area (Å²) in [7, 11) is 2.14. The van der Waals surface area contributed by atoms with Crippen molar-refractivity contribution in [3.8, 4) is 0 Å². The Labute approximate surface area is 113 Å². The number of hydrogen-bond donors (Lipinski definition) is 1. The average molecular weight is 260 g/mol. The van der Waals surface area contributed by atoms with E-state index in [1.165, 1.54) is 21.7 Å². The summed E-state index contributed by atoms with van der Waals surface area (Å²) in [5.74, 6) is 0. The van der Waals surface area contributed by atoms with Gasteiger partial charge < -0.3 is 10.6 Å². The lowest BCUT2D eigenvalue weighted by Crippen LogP contribution is -2.22. The first kappa shape index (κ1) is 13.1. The van der Waals surface area contributed by atoms with E-state index in [0.29, 0.717) is 12.6 Å². The van der Waals surface area contributed by atoms with Gasteiger partial charge in [-0.25, -0.2) is 0 Å². The summed E-state index contributed by atoms with van der Waals surface area (Å²) in [4.78, 5) is 3.68. The van der Waals surface area contributed by atoms with Crippen LogP contribution in [-0.2, 0) is 6.54 Å². The number of aryl methyl sites for hydroxylation is 1. The summed E-state index contributed by atoms with van der Waals surface area (Å²) in [6.45, 7) is 4.93. The van der Waals surface area contributed by atoms with Crippen molar-refractivity contribution < 1.29 is 0 Å². The van der Waals surface area contributed by atoms with E-state index in [1.54, 1.807) is 11.3 Å². The SMILES string of the molecule is Cc1ccc(CN)c(N(C)C(C)c2cccs2)c1. The highest BCUT2D eigenvalue weighted by Crippen LogP contribution is 2.30. The van der Waals surface area contributed by atoms with Gasteiger partial charge in [-0.05, 0) is 42.5 Å². The fourth-order valence-electron chi connectivity index (χ4n) is 2.10. The van der Waals surface area contributed by atoms with E-state index >= 15 is 0 Å². The fourth-order valence-corrected chi connectivity index (χ4v) is 2.93. The molecule has 1 unspecified atom stereocenters. The van der Waals surface area contributed by atoms with Crippen LogP contribution in [0.4, 0.5) is 5.69 Å². The monoisotopic (exact) mass is 260 g/mol. The van der Waals surface area contributed by atoms with Gasteiger partial charge in [0.2, 0.25) is 0 Å². The van der Waals surface area contributed by atoms with Crippen molar-refractivity contribution in [3.63, 3.8) is 0 Å². The number of nitrogens with zero attached hydrogens (tertiary/aromatic N) is 1. The molecule has 2 N–H and O–H groups in total. The largest absolute Gasteiger partial charge is 0.367 e. The number of benzene rings is 1. The lowest BCUT2D eigenvalue weighted by Gasteiger charge is -2.28. The van der Waals surface area contributed by atoms with Crippen LogP contribution in [0, 0.1) is 6.92 Å². The van der Waals surface area contributed by atoms with Crippen LogP contribution in [0.3, 0.4) is 0 Å². The molecule has 3 heteroatoms. The second-order valence-electron chi connectivity index (χ2n) is 4.64. The minimum Gasteiger partial charge on any atom is -0.367 e. The topological polar surface area (TPSA) is 29.3 Å². The Morgan fingerprint density at radius 2 is 2.11 bits per heavy atom. The zero-order chi connectivity index (χ0) is 13.1. The Hall–Kier alpha value is -1.32. The van der Waals surface area contributed by atoms with Gasteiger partial charge in [0.05, 0.1) is 6.04 Å². The maximum atomic E-state index is 5.83. The molecule has 2 aromatic rings. The van der Waals surface area contributed by atoms with Gasteiger partial charge in [-0.15, -0.1) is 11.3 Å². The zero-order valence-corrected chi connectivity index (χ0v) is 12.0. The highest BCUT2D eigenvalue weighted by atomic mass is 32.1. The van der Waals surface area contributed by atoms with Crippen molar-refractivity contribution >= 4 is 17.0 Å². The minimum absolute atomic E-state index is 0.372. The van der Waals surface area contributed by atoms with Crippen LogP contribution in [0.25, 0.3) is 0 Å². The van der Waals surface area contributed by atoms with Gasteiger partial charge in [-0.3, -0.25) is 0 Å². The summed E-state index contributed by atoms with van der Waals surface area (Å²) < 4.78 is 0. The van der Waals surface area contributed by atoms with Gasteiger partial charge in [0.15, 0.2) is 0 Å². The maximum Gasteiger partial charge on any atom is 0.0603 e. The van der Waals surface area contributed by atoms with Gasteiger partial charge in [0.1, 0.15) is 0 Å². The van der Waals surface area contributed by atoms with E-state index in [4.69, 9.17) is 5.73 Å². The third kappa shape index (κ3) is 2.57. The van der Waals surface area contributed by atoms with Gasteiger partial charge in [-0.1, -0.05) is 18.2 Å². The van der Waals surface area contributed by atoms with Crippen LogP contribution >= 0.6 is 11.3 Å². The van der Waals surface area contributed by atoms with Crippen molar-refractivity contribution in [1.82, 2.24) is 0 Å². The Kier molecular flexibility index (Phi) is 4.04. The standard InChI is InChI=1S/C15H20N2S/c1-11-6-7-13(10-16)14(9-11)17(3)12(2)15-5-4-8-18-15/h4-9,12H,10,16H2,1-3H3. The molecule has 0 amide bonds. The number of nitrogens with two attached hydrogens (primary N) is 1. The lowest BCUT2D eigenvalue weighted by atomic mass is 10.1. The second kappa shape index (κ2) is 5.55. The molecular weight excluding hydrogens is 240 g/mol. The summed E-state index contributed by atoms with van der Waals surface area (Å²) in [5, 5.41) is 2.12. The molecular formula is C15H20N2S. The average Bonchev–Trinajstić information content (AvgIpc) is 2.90. The number of thiophene rings is 1. The van der Waals surface area contributed by atoms with Crippen LogP contribution in [0.1, 0.15) is 29.0 Å². The minimum atomic E-state index is 0.372. The number of anilines is 1. The van der Waals surface area contributed by atoms with Crippen LogP contribution in [0.15, 0.2) is 35.7 Å². The highest BCUT2D eigenvalue weighted by molar-refractivity contribution is 7.10. The first-order valence-electron chi connectivity index (χ1n) is 6.19. The molecule has 0 saturated heterocycles. The summed E-state index contributed by atoms with van der Waals surface area (Å²) in [6.07, 6.45) is 0. The van der Waals surface area contributed by atoms with Crippen molar-refractivity contribution in [3.05, 3.63) is 51.7 Å².